The molecule has 5 nitrogen and oxygen atoms in total. The molecule has 3 rings (SSSR count). The first-order valence-electron chi connectivity index (χ1n) is 8.16. The van der Waals surface area contributed by atoms with Crippen LogP contribution in [0.1, 0.15) is 18.3 Å². The van der Waals surface area contributed by atoms with Gasteiger partial charge in [0.15, 0.2) is 5.16 Å². The summed E-state index contributed by atoms with van der Waals surface area (Å²) >= 11 is 7.46. The second-order valence-corrected chi connectivity index (χ2v) is 7.70. The minimum atomic E-state index is -0.335. The number of benzene rings is 2. The number of thioether (sulfide) groups is 1. The number of hydrogen-bond acceptors (Lipinski definition) is 4. The molecule has 0 saturated carbocycles. The van der Waals surface area contributed by atoms with Crippen LogP contribution in [-0.4, -0.2) is 25.9 Å². The molecule has 0 spiro atoms. The number of amides is 1. The van der Waals surface area contributed by atoms with Gasteiger partial charge in [-0.1, -0.05) is 47.1 Å². The van der Waals surface area contributed by atoms with E-state index in [0.29, 0.717) is 10.2 Å². The quantitative estimate of drug-likeness (QED) is 0.648. The molecule has 3 aromatic rings. The number of anilines is 1. The van der Waals surface area contributed by atoms with Crippen molar-refractivity contribution in [2.75, 3.05) is 5.32 Å². The van der Waals surface area contributed by atoms with Crippen LogP contribution in [0.15, 0.2) is 53.7 Å². The molecule has 26 heavy (non-hydrogen) atoms. The van der Waals surface area contributed by atoms with Crippen LogP contribution in [0, 0.1) is 13.8 Å². The molecule has 2 aromatic carbocycles. The Morgan fingerprint density at radius 2 is 1.88 bits per heavy atom. The van der Waals surface area contributed by atoms with Crippen LogP contribution >= 0.6 is 23.4 Å². The normalized spacial score (nSPS) is 12.0. The van der Waals surface area contributed by atoms with Gasteiger partial charge in [-0.25, -0.2) is 0 Å². The van der Waals surface area contributed by atoms with E-state index in [0.717, 1.165) is 22.8 Å². The van der Waals surface area contributed by atoms with E-state index in [2.05, 4.69) is 15.5 Å². The number of carbonyl (C=O) groups excluding carboxylic acids is 1. The van der Waals surface area contributed by atoms with Crippen molar-refractivity contribution < 1.29 is 4.79 Å². The van der Waals surface area contributed by atoms with Crippen molar-refractivity contribution in [3.05, 3.63) is 64.9 Å². The number of carbonyl (C=O) groups is 1. The highest BCUT2D eigenvalue weighted by Gasteiger charge is 2.20. The van der Waals surface area contributed by atoms with Crippen molar-refractivity contribution in [3.8, 4) is 5.69 Å². The number of hydrogen-bond donors (Lipinski definition) is 1. The molecule has 0 aliphatic heterocycles. The maximum Gasteiger partial charge on any atom is 0.237 e. The van der Waals surface area contributed by atoms with Crippen LogP contribution in [0.25, 0.3) is 5.69 Å². The average Bonchev–Trinajstić information content (AvgIpc) is 2.97. The minimum absolute atomic E-state index is 0.0860. The van der Waals surface area contributed by atoms with E-state index in [1.54, 1.807) is 0 Å². The van der Waals surface area contributed by atoms with Crippen LogP contribution in [0.3, 0.4) is 0 Å². The molecule has 0 unspecified atom stereocenters. The van der Waals surface area contributed by atoms with Crippen LogP contribution in [0.2, 0.25) is 5.02 Å². The summed E-state index contributed by atoms with van der Waals surface area (Å²) in [5.74, 6) is 0.651. The van der Waals surface area contributed by atoms with Crippen molar-refractivity contribution in [2.24, 2.45) is 0 Å². The smallest absolute Gasteiger partial charge is 0.237 e. The fourth-order valence-corrected chi connectivity index (χ4v) is 3.52. The van der Waals surface area contributed by atoms with Gasteiger partial charge in [-0.2, -0.15) is 0 Å². The average molecular weight is 387 g/mol. The summed E-state index contributed by atoms with van der Waals surface area (Å²) in [4.78, 5) is 12.5. The van der Waals surface area contributed by atoms with Crippen molar-refractivity contribution >= 4 is 35.0 Å². The van der Waals surface area contributed by atoms with E-state index in [4.69, 9.17) is 11.6 Å². The molecule has 1 N–H and O–H groups in total. The first kappa shape index (κ1) is 18.5. The molecule has 134 valence electrons. The van der Waals surface area contributed by atoms with Crippen LogP contribution in [0.4, 0.5) is 5.69 Å². The summed E-state index contributed by atoms with van der Waals surface area (Å²) in [6.45, 7) is 5.73. The maximum absolute atomic E-state index is 12.5. The molecule has 0 aliphatic carbocycles. The fourth-order valence-electron chi connectivity index (χ4n) is 2.42. The highest BCUT2D eigenvalue weighted by molar-refractivity contribution is 8.00. The lowest BCUT2D eigenvalue weighted by molar-refractivity contribution is -0.115. The van der Waals surface area contributed by atoms with Crippen LogP contribution in [0.5, 0.6) is 0 Å². The van der Waals surface area contributed by atoms with E-state index >= 15 is 0 Å². The van der Waals surface area contributed by atoms with Gasteiger partial charge in [-0.05, 0) is 51.1 Å². The number of rotatable bonds is 5. The summed E-state index contributed by atoms with van der Waals surface area (Å²) in [6.07, 6.45) is 0. The molecular weight excluding hydrogens is 368 g/mol. The predicted molar refractivity (Wildman–Crippen MR) is 106 cm³/mol. The first-order valence-corrected chi connectivity index (χ1v) is 9.42. The van der Waals surface area contributed by atoms with Gasteiger partial charge in [0.05, 0.1) is 10.9 Å². The van der Waals surface area contributed by atoms with Crippen LogP contribution < -0.4 is 5.32 Å². The molecule has 1 atom stereocenters. The Hall–Kier alpha value is -2.31. The minimum Gasteiger partial charge on any atom is -0.325 e. The molecule has 1 heterocycles. The molecule has 0 saturated heterocycles. The van der Waals surface area contributed by atoms with Gasteiger partial charge in [-0.15, -0.1) is 10.2 Å². The zero-order valence-electron chi connectivity index (χ0n) is 14.7. The lowest BCUT2D eigenvalue weighted by atomic mass is 10.2. The predicted octanol–water partition coefficient (Wildman–Crippen LogP) is 4.66. The lowest BCUT2D eigenvalue weighted by Gasteiger charge is -2.13. The van der Waals surface area contributed by atoms with E-state index < -0.39 is 0 Å². The molecule has 1 aromatic heterocycles. The maximum atomic E-state index is 12.5. The second kappa shape index (κ2) is 7.93. The van der Waals surface area contributed by atoms with Crippen molar-refractivity contribution in [1.29, 1.82) is 0 Å². The third-order valence-electron chi connectivity index (χ3n) is 3.83. The van der Waals surface area contributed by atoms with Crippen LogP contribution in [-0.2, 0) is 4.79 Å². The zero-order chi connectivity index (χ0) is 18.7. The van der Waals surface area contributed by atoms with Gasteiger partial charge in [0.2, 0.25) is 5.91 Å². The highest BCUT2D eigenvalue weighted by Crippen LogP contribution is 2.27. The summed E-state index contributed by atoms with van der Waals surface area (Å²) in [5.41, 5.74) is 2.80. The summed E-state index contributed by atoms with van der Waals surface area (Å²) in [6, 6.07) is 15.2. The Balaban J connectivity index is 1.76. The third-order valence-corrected chi connectivity index (χ3v) is 5.11. The second-order valence-electron chi connectivity index (χ2n) is 5.96. The highest BCUT2D eigenvalue weighted by atomic mass is 35.5. The number of aryl methyl sites for hydroxylation is 2. The first-order chi connectivity index (χ1) is 12.4. The number of nitrogens with one attached hydrogen (secondary N) is 1. The Labute approximate surface area is 161 Å². The Bertz CT molecular complexity index is 924. The van der Waals surface area contributed by atoms with Gasteiger partial charge in [-0.3, -0.25) is 9.36 Å². The topological polar surface area (TPSA) is 59.8 Å². The number of aromatic nitrogens is 3. The molecular formula is C19H19ClN4OS. The summed E-state index contributed by atoms with van der Waals surface area (Å²) in [5, 5.41) is 12.2. The molecule has 0 aliphatic rings. The standard InChI is InChI=1S/C19H19ClN4OS/c1-12-7-9-16(10-8-12)21-18(25)13(2)26-19-23-22-14(3)24(19)17-6-4-5-15(20)11-17/h4-11,13H,1-3H3,(H,21,25)/t13-/m1/s1. The molecule has 7 heteroatoms. The van der Waals surface area contributed by atoms with E-state index in [1.807, 2.05) is 73.9 Å². The van der Waals surface area contributed by atoms with Gasteiger partial charge >= 0.3 is 0 Å². The van der Waals surface area contributed by atoms with Gasteiger partial charge in [0.1, 0.15) is 5.82 Å². The van der Waals surface area contributed by atoms with Crippen molar-refractivity contribution in [3.63, 3.8) is 0 Å². The van der Waals surface area contributed by atoms with Gasteiger partial charge < -0.3 is 5.32 Å². The van der Waals surface area contributed by atoms with Gasteiger partial charge in [0.25, 0.3) is 0 Å². The van der Waals surface area contributed by atoms with Crippen molar-refractivity contribution in [1.82, 2.24) is 14.8 Å². The van der Waals surface area contributed by atoms with Gasteiger partial charge in [0, 0.05) is 10.7 Å². The Morgan fingerprint density at radius 1 is 1.15 bits per heavy atom. The fraction of sp³-hybridized carbons (Fsp3) is 0.211. The van der Waals surface area contributed by atoms with E-state index in [-0.39, 0.29) is 11.2 Å². The third kappa shape index (κ3) is 4.26. The Morgan fingerprint density at radius 3 is 2.58 bits per heavy atom. The Kier molecular flexibility index (Phi) is 5.64. The zero-order valence-corrected chi connectivity index (χ0v) is 16.3. The molecule has 1 amide bonds. The van der Waals surface area contributed by atoms with E-state index in [9.17, 15) is 4.79 Å². The SMILES string of the molecule is Cc1ccc(NC(=O)[C@@H](C)Sc2nnc(C)n2-c2cccc(Cl)c2)cc1. The summed E-state index contributed by atoms with van der Waals surface area (Å²) in [7, 11) is 0. The largest absolute Gasteiger partial charge is 0.325 e. The monoisotopic (exact) mass is 386 g/mol. The van der Waals surface area contributed by atoms with Crippen molar-refractivity contribution in [2.45, 2.75) is 31.2 Å². The van der Waals surface area contributed by atoms with E-state index in [1.165, 1.54) is 11.8 Å². The molecule has 0 fully saturated rings. The number of halogens is 1. The molecule has 0 bridgehead atoms. The number of nitrogens with zero attached hydrogens (tertiary/aromatic N) is 3. The molecule has 0 radical (unpaired) electrons. The lowest BCUT2D eigenvalue weighted by Crippen LogP contribution is -2.22. The summed E-state index contributed by atoms with van der Waals surface area (Å²) < 4.78 is 1.90.